The lowest BCUT2D eigenvalue weighted by molar-refractivity contribution is 0.499. The van der Waals surface area contributed by atoms with Gasteiger partial charge in [0.1, 0.15) is 0 Å². The molecule has 2 rings (SSSR count). The van der Waals surface area contributed by atoms with E-state index in [1.54, 1.807) is 12.1 Å². The van der Waals surface area contributed by atoms with Gasteiger partial charge in [0.05, 0.1) is 0 Å². The van der Waals surface area contributed by atoms with E-state index in [0.29, 0.717) is 11.5 Å². The Morgan fingerprint density at radius 2 is 1.56 bits per heavy atom. The van der Waals surface area contributed by atoms with Gasteiger partial charge in [-0.3, -0.25) is 0 Å². The molecule has 0 atom stereocenters. The summed E-state index contributed by atoms with van der Waals surface area (Å²) in [6.45, 7) is -4.87. The lowest BCUT2D eigenvalue weighted by Crippen LogP contribution is -2.09. The molecule has 0 amide bonds. The number of halogens is 3. The Morgan fingerprint density at radius 1 is 0.875 bits per heavy atom. The second kappa shape index (κ2) is 4.04. The molecule has 0 radical (unpaired) electrons. The molecule has 0 heterocycles. The minimum Gasteiger partial charge on any atom is -0.445 e. The summed E-state index contributed by atoms with van der Waals surface area (Å²) in [5, 5.41) is 1.78. The van der Waals surface area contributed by atoms with E-state index in [0.717, 1.165) is 16.8 Å². The van der Waals surface area contributed by atoms with E-state index >= 15 is 0 Å². The van der Waals surface area contributed by atoms with Gasteiger partial charge < -0.3 is 12.9 Å². The number of benzene rings is 2. The first-order chi connectivity index (χ1) is 7.56. The van der Waals surface area contributed by atoms with E-state index in [2.05, 4.69) is 0 Å². The van der Waals surface area contributed by atoms with Gasteiger partial charge in [0, 0.05) is 0 Å². The fourth-order valence-electron chi connectivity index (χ4n) is 1.61. The molecule has 82 valence electrons. The molecule has 0 unspecified atom stereocenters. The number of hydrogen-bond acceptors (Lipinski definition) is 0. The van der Waals surface area contributed by atoms with E-state index in [-0.39, 0.29) is 0 Å². The van der Waals surface area contributed by atoms with Gasteiger partial charge >= 0.3 is 6.98 Å². The van der Waals surface area contributed by atoms with Crippen molar-refractivity contribution in [2.45, 2.75) is 0 Å². The Labute approximate surface area is 91.5 Å². The topological polar surface area (TPSA) is 0 Å². The molecule has 0 spiro atoms. The maximum Gasteiger partial charge on any atom is 0.502 e. The van der Waals surface area contributed by atoms with Crippen LogP contribution in [0.2, 0.25) is 0 Å². The maximum absolute atomic E-state index is 12.1. The smallest absolute Gasteiger partial charge is 0.445 e. The zero-order valence-corrected chi connectivity index (χ0v) is 8.41. The molecule has 2 aromatic carbocycles. The van der Waals surface area contributed by atoms with Crippen LogP contribution in [0.5, 0.6) is 0 Å². The van der Waals surface area contributed by atoms with Crippen LogP contribution in [0.1, 0.15) is 5.56 Å². The fraction of sp³-hybridized carbons (Fsp3) is 0. The number of hydrogen-bond donors (Lipinski definition) is 0. The van der Waals surface area contributed by atoms with E-state index in [4.69, 9.17) is 0 Å². The average Bonchev–Trinajstić information content (AvgIpc) is 2.25. The van der Waals surface area contributed by atoms with E-state index in [1.165, 1.54) is 0 Å². The summed E-state index contributed by atoms with van der Waals surface area (Å²) >= 11 is 0. The SMILES string of the molecule is F[B-](F)(F)/C=C/c1cccc2ccccc12. The summed E-state index contributed by atoms with van der Waals surface area (Å²) < 4.78 is 36.4. The van der Waals surface area contributed by atoms with Crippen LogP contribution in [0.25, 0.3) is 16.8 Å². The zero-order chi connectivity index (χ0) is 11.6. The minimum atomic E-state index is -4.87. The second-order valence-corrected chi connectivity index (χ2v) is 3.55. The van der Waals surface area contributed by atoms with Crippen LogP contribution < -0.4 is 0 Å². The van der Waals surface area contributed by atoms with Crippen LogP contribution in [-0.2, 0) is 0 Å². The molecule has 0 bridgehead atoms. The molecule has 0 N–H and O–H groups in total. The van der Waals surface area contributed by atoms with Gasteiger partial charge in [-0.1, -0.05) is 48.5 Å². The number of fused-ring (bicyclic) bond motifs is 1. The summed E-state index contributed by atoms with van der Waals surface area (Å²) in [6, 6.07) is 12.7. The van der Waals surface area contributed by atoms with E-state index < -0.39 is 6.98 Å². The van der Waals surface area contributed by atoms with Crippen molar-refractivity contribution in [2.24, 2.45) is 0 Å². The van der Waals surface area contributed by atoms with Crippen LogP contribution in [0.3, 0.4) is 0 Å². The Hall–Kier alpha value is -1.71. The summed E-state index contributed by atoms with van der Waals surface area (Å²) in [5.41, 5.74) is 0.595. The molecule has 0 nitrogen and oxygen atoms in total. The summed E-state index contributed by atoms with van der Waals surface area (Å²) in [7, 11) is 0. The molecule has 2 aromatic rings. The Kier molecular flexibility index (Phi) is 2.73. The standard InChI is InChI=1S/C12H9BF3/c14-13(15,16)9-8-11-6-3-5-10-4-1-2-7-12(10)11/h1-9H/q-1/b9-8+. The highest BCUT2D eigenvalue weighted by Gasteiger charge is 2.17. The van der Waals surface area contributed by atoms with Crippen molar-refractivity contribution in [3.8, 4) is 0 Å². The van der Waals surface area contributed by atoms with Gasteiger partial charge in [0.25, 0.3) is 0 Å². The van der Waals surface area contributed by atoms with Crippen LogP contribution in [0, 0.1) is 0 Å². The van der Waals surface area contributed by atoms with Crippen molar-refractivity contribution < 1.29 is 12.9 Å². The number of rotatable bonds is 2. The summed E-state index contributed by atoms with van der Waals surface area (Å²) in [6.07, 6.45) is 1.13. The second-order valence-electron chi connectivity index (χ2n) is 3.55. The van der Waals surface area contributed by atoms with E-state index in [9.17, 15) is 12.9 Å². The zero-order valence-electron chi connectivity index (χ0n) is 8.41. The third-order valence-electron chi connectivity index (χ3n) is 2.32. The normalized spacial score (nSPS) is 12.4. The average molecular weight is 221 g/mol. The third-order valence-corrected chi connectivity index (χ3v) is 2.32. The van der Waals surface area contributed by atoms with Crippen molar-refractivity contribution in [3.05, 3.63) is 54.0 Å². The first kappa shape index (κ1) is 10.8. The maximum atomic E-state index is 12.1. The molecule has 0 saturated carbocycles. The molecule has 0 aliphatic rings. The van der Waals surface area contributed by atoms with Gasteiger partial charge in [-0.2, -0.15) is 0 Å². The molecule has 0 aliphatic carbocycles. The van der Waals surface area contributed by atoms with Crippen LogP contribution in [-0.4, -0.2) is 6.98 Å². The molecular formula is C12H9BF3-. The van der Waals surface area contributed by atoms with Gasteiger partial charge in [0.2, 0.25) is 0 Å². The van der Waals surface area contributed by atoms with E-state index in [1.807, 2.05) is 30.3 Å². The molecular weight excluding hydrogens is 212 g/mol. The van der Waals surface area contributed by atoms with Crippen molar-refractivity contribution in [3.63, 3.8) is 0 Å². The van der Waals surface area contributed by atoms with Crippen LogP contribution in [0.15, 0.2) is 48.4 Å². The minimum absolute atomic E-state index is 0.321. The third kappa shape index (κ3) is 2.45. The molecule has 0 aromatic heterocycles. The summed E-state index contributed by atoms with van der Waals surface area (Å²) in [5.74, 6) is 0.321. The lowest BCUT2D eigenvalue weighted by Gasteiger charge is -2.07. The van der Waals surface area contributed by atoms with Gasteiger partial charge in [-0.15, -0.1) is 5.98 Å². The molecule has 0 aliphatic heterocycles. The van der Waals surface area contributed by atoms with Gasteiger partial charge in [-0.05, 0) is 16.3 Å². The van der Waals surface area contributed by atoms with Gasteiger partial charge in [-0.25, -0.2) is 0 Å². The Bertz CT molecular complexity index is 524. The predicted molar refractivity (Wildman–Crippen MR) is 62.1 cm³/mol. The quantitative estimate of drug-likeness (QED) is 0.665. The first-order valence-electron chi connectivity index (χ1n) is 4.93. The highest BCUT2D eigenvalue weighted by molar-refractivity contribution is 6.65. The molecule has 0 fully saturated rings. The molecule has 0 saturated heterocycles. The highest BCUT2D eigenvalue weighted by Crippen LogP contribution is 2.21. The van der Waals surface area contributed by atoms with Crippen molar-refractivity contribution in [2.75, 3.05) is 0 Å². The van der Waals surface area contributed by atoms with Crippen molar-refractivity contribution in [1.82, 2.24) is 0 Å². The van der Waals surface area contributed by atoms with Gasteiger partial charge in [0.15, 0.2) is 0 Å². The van der Waals surface area contributed by atoms with Crippen LogP contribution >= 0.6 is 0 Å². The predicted octanol–water partition coefficient (Wildman–Crippen LogP) is 4.24. The van der Waals surface area contributed by atoms with Crippen molar-refractivity contribution in [1.29, 1.82) is 0 Å². The monoisotopic (exact) mass is 221 g/mol. The summed E-state index contributed by atoms with van der Waals surface area (Å²) in [4.78, 5) is 0. The molecule has 4 heteroatoms. The fourth-order valence-corrected chi connectivity index (χ4v) is 1.61. The Morgan fingerprint density at radius 3 is 2.31 bits per heavy atom. The van der Waals surface area contributed by atoms with Crippen LogP contribution in [0.4, 0.5) is 12.9 Å². The largest absolute Gasteiger partial charge is 0.502 e. The van der Waals surface area contributed by atoms with Crippen molar-refractivity contribution >= 4 is 23.8 Å². The lowest BCUT2D eigenvalue weighted by atomic mass is 9.90. The molecule has 16 heavy (non-hydrogen) atoms. The Balaban J connectivity index is 2.49. The highest BCUT2D eigenvalue weighted by atomic mass is 19.4. The first-order valence-corrected chi connectivity index (χ1v) is 4.93.